The monoisotopic (exact) mass is 254 g/mol. The van der Waals surface area contributed by atoms with Gasteiger partial charge in [-0.25, -0.2) is 4.79 Å². The molecule has 102 valence electrons. The second kappa shape index (κ2) is 6.13. The number of nitrogen functional groups attached to an aromatic ring is 1. The zero-order chi connectivity index (χ0) is 13.7. The zero-order valence-electron chi connectivity index (χ0n) is 11.4. The Balaban J connectivity index is 2.45. The van der Waals surface area contributed by atoms with E-state index in [-0.39, 0.29) is 6.03 Å². The van der Waals surface area contributed by atoms with Crippen molar-refractivity contribution in [1.82, 2.24) is 20.0 Å². The first kappa shape index (κ1) is 14.1. The van der Waals surface area contributed by atoms with E-state index < -0.39 is 0 Å². The molecule has 2 amide bonds. The molecule has 7 heteroatoms. The molecular formula is C11H22N6O. The van der Waals surface area contributed by atoms with Gasteiger partial charge in [0.2, 0.25) is 0 Å². The molecule has 7 nitrogen and oxygen atoms in total. The van der Waals surface area contributed by atoms with Crippen molar-refractivity contribution in [3.05, 3.63) is 5.69 Å². The quantitative estimate of drug-likeness (QED) is 0.657. The van der Waals surface area contributed by atoms with Gasteiger partial charge in [-0.2, -0.15) is 5.10 Å². The van der Waals surface area contributed by atoms with Crippen LogP contribution in [0.4, 0.5) is 16.3 Å². The Morgan fingerprint density at radius 3 is 2.61 bits per heavy atom. The van der Waals surface area contributed by atoms with Crippen LogP contribution in [0.2, 0.25) is 0 Å². The Bertz CT molecular complexity index is 412. The lowest BCUT2D eigenvalue weighted by Gasteiger charge is -2.12. The molecule has 1 rings (SSSR count). The van der Waals surface area contributed by atoms with Crippen LogP contribution >= 0.6 is 0 Å². The summed E-state index contributed by atoms with van der Waals surface area (Å²) < 4.78 is 1.72. The highest BCUT2D eigenvalue weighted by molar-refractivity contribution is 5.73. The van der Waals surface area contributed by atoms with Gasteiger partial charge in [-0.15, -0.1) is 0 Å². The summed E-state index contributed by atoms with van der Waals surface area (Å²) in [4.78, 5) is 12.8. The number of urea groups is 1. The van der Waals surface area contributed by atoms with Crippen molar-refractivity contribution >= 4 is 17.5 Å². The molecule has 0 atom stereocenters. The van der Waals surface area contributed by atoms with Crippen molar-refractivity contribution in [2.75, 3.05) is 38.2 Å². The van der Waals surface area contributed by atoms with Gasteiger partial charge < -0.3 is 21.3 Å². The average molecular weight is 254 g/mol. The molecule has 18 heavy (non-hydrogen) atoms. The van der Waals surface area contributed by atoms with Crippen LogP contribution in [0, 0.1) is 0 Å². The van der Waals surface area contributed by atoms with Crippen molar-refractivity contribution in [3.63, 3.8) is 0 Å². The number of nitrogens with one attached hydrogen (secondary N) is 2. The number of carbonyl (C=O) groups excluding carboxylic acids is 1. The van der Waals surface area contributed by atoms with E-state index in [1.165, 1.54) is 4.90 Å². The van der Waals surface area contributed by atoms with Gasteiger partial charge in [-0.1, -0.05) is 6.92 Å². The standard InChI is InChI=1S/C11H22N6O/c1-5-8-9(12)10(17(4)15-8)13-6-7-14-11(18)16(2)3/h13H,5-7,12H2,1-4H3,(H,14,18). The van der Waals surface area contributed by atoms with Crippen LogP contribution in [-0.2, 0) is 13.5 Å². The summed E-state index contributed by atoms with van der Waals surface area (Å²) in [5.74, 6) is 0.797. The van der Waals surface area contributed by atoms with Crippen LogP contribution in [0.1, 0.15) is 12.6 Å². The average Bonchev–Trinajstić information content (AvgIpc) is 2.60. The summed E-state index contributed by atoms with van der Waals surface area (Å²) in [6, 6.07) is -0.107. The van der Waals surface area contributed by atoms with Crippen LogP contribution < -0.4 is 16.4 Å². The molecule has 1 aromatic rings. The van der Waals surface area contributed by atoms with Gasteiger partial charge in [0.25, 0.3) is 0 Å². The maximum absolute atomic E-state index is 11.3. The molecule has 0 bridgehead atoms. The molecule has 1 heterocycles. The molecule has 0 saturated heterocycles. The smallest absolute Gasteiger partial charge is 0.316 e. The summed E-state index contributed by atoms with van der Waals surface area (Å²) in [6.45, 7) is 3.15. The van der Waals surface area contributed by atoms with Gasteiger partial charge in [-0.3, -0.25) is 4.68 Å². The molecule has 0 aliphatic heterocycles. The number of anilines is 2. The van der Waals surface area contributed by atoms with Crippen molar-refractivity contribution in [3.8, 4) is 0 Å². The molecule has 0 fully saturated rings. The fourth-order valence-corrected chi connectivity index (χ4v) is 1.58. The number of amides is 2. The molecule has 0 aromatic carbocycles. The van der Waals surface area contributed by atoms with Gasteiger partial charge in [0, 0.05) is 34.2 Å². The van der Waals surface area contributed by atoms with E-state index in [1.807, 2.05) is 14.0 Å². The normalized spacial score (nSPS) is 10.2. The van der Waals surface area contributed by atoms with Crippen LogP contribution in [-0.4, -0.2) is 47.9 Å². The molecule has 0 aliphatic rings. The SMILES string of the molecule is CCc1nn(C)c(NCCNC(=O)N(C)C)c1N. The molecule has 0 aliphatic carbocycles. The summed E-state index contributed by atoms with van der Waals surface area (Å²) in [5.41, 5.74) is 7.53. The number of carbonyl (C=O) groups is 1. The van der Waals surface area contributed by atoms with E-state index in [4.69, 9.17) is 5.73 Å². The lowest BCUT2D eigenvalue weighted by molar-refractivity contribution is 0.218. The van der Waals surface area contributed by atoms with Crippen LogP contribution in [0.3, 0.4) is 0 Å². The number of aromatic nitrogens is 2. The minimum atomic E-state index is -0.107. The van der Waals surface area contributed by atoms with E-state index in [2.05, 4.69) is 15.7 Å². The van der Waals surface area contributed by atoms with E-state index in [9.17, 15) is 4.79 Å². The number of nitrogens with two attached hydrogens (primary N) is 1. The van der Waals surface area contributed by atoms with Crippen molar-refractivity contribution in [1.29, 1.82) is 0 Å². The van der Waals surface area contributed by atoms with Crippen molar-refractivity contribution < 1.29 is 4.79 Å². The number of rotatable bonds is 5. The van der Waals surface area contributed by atoms with E-state index in [0.717, 1.165) is 17.9 Å². The fraction of sp³-hybridized carbons (Fsp3) is 0.636. The number of nitrogens with zero attached hydrogens (tertiary/aromatic N) is 3. The lowest BCUT2D eigenvalue weighted by Crippen LogP contribution is -2.37. The maximum Gasteiger partial charge on any atom is 0.316 e. The van der Waals surface area contributed by atoms with E-state index in [0.29, 0.717) is 18.8 Å². The second-order valence-electron chi connectivity index (χ2n) is 4.24. The summed E-state index contributed by atoms with van der Waals surface area (Å²) >= 11 is 0. The first-order valence-corrected chi connectivity index (χ1v) is 5.97. The topological polar surface area (TPSA) is 88.2 Å². The predicted molar refractivity (Wildman–Crippen MR) is 72.6 cm³/mol. The summed E-state index contributed by atoms with van der Waals surface area (Å²) in [6.07, 6.45) is 0.804. The Kier molecular flexibility index (Phi) is 4.82. The Hall–Kier alpha value is -1.92. The largest absolute Gasteiger partial charge is 0.394 e. The van der Waals surface area contributed by atoms with E-state index >= 15 is 0 Å². The molecule has 0 unspecified atom stereocenters. The first-order valence-electron chi connectivity index (χ1n) is 5.97. The van der Waals surface area contributed by atoms with Crippen molar-refractivity contribution in [2.24, 2.45) is 7.05 Å². The van der Waals surface area contributed by atoms with Gasteiger partial charge in [0.05, 0.1) is 11.4 Å². The predicted octanol–water partition coefficient (Wildman–Crippen LogP) is 0.248. The molecule has 0 radical (unpaired) electrons. The fourth-order valence-electron chi connectivity index (χ4n) is 1.58. The van der Waals surface area contributed by atoms with Crippen molar-refractivity contribution in [2.45, 2.75) is 13.3 Å². The highest BCUT2D eigenvalue weighted by atomic mass is 16.2. The second-order valence-corrected chi connectivity index (χ2v) is 4.24. The molecule has 0 saturated carbocycles. The molecule has 0 spiro atoms. The Labute approximate surface area is 107 Å². The number of aryl methyl sites for hydroxylation is 2. The minimum absolute atomic E-state index is 0.107. The lowest BCUT2D eigenvalue weighted by atomic mass is 10.3. The van der Waals surface area contributed by atoms with Crippen LogP contribution in [0.25, 0.3) is 0 Å². The minimum Gasteiger partial charge on any atom is -0.394 e. The Morgan fingerprint density at radius 2 is 2.11 bits per heavy atom. The van der Waals surface area contributed by atoms with Gasteiger partial charge in [0.1, 0.15) is 5.82 Å². The van der Waals surface area contributed by atoms with E-state index in [1.54, 1.807) is 18.8 Å². The third-order valence-corrected chi connectivity index (χ3v) is 2.60. The first-order chi connectivity index (χ1) is 8.47. The van der Waals surface area contributed by atoms with Gasteiger partial charge in [-0.05, 0) is 6.42 Å². The third kappa shape index (κ3) is 3.28. The zero-order valence-corrected chi connectivity index (χ0v) is 11.4. The van der Waals surface area contributed by atoms with Gasteiger partial charge >= 0.3 is 6.03 Å². The number of hydrogen-bond acceptors (Lipinski definition) is 4. The summed E-state index contributed by atoms with van der Waals surface area (Å²) in [5, 5.41) is 10.2. The highest BCUT2D eigenvalue weighted by Gasteiger charge is 2.11. The molecule has 1 aromatic heterocycles. The molecular weight excluding hydrogens is 232 g/mol. The van der Waals surface area contributed by atoms with Crippen LogP contribution in [0.15, 0.2) is 0 Å². The van der Waals surface area contributed by atoms with Gasteiger partial charge in [0.15, 0.2) is 0 Å². The Morgan fingerprint density at radius 1 is 1.44 bits per heavy atom. The third-order valence-electron chi connectivity index (χ3n) is 2.60. The molecule has 4 N–H and O–H groups in total. The maximum atomic E-state index is 11.3. The van der Waals surface area contributed by atoms with Crippen LogP contribution in [0.5, 0.6) is 0 Å². The highest BCUT2D eigenvalue weighted by Crippen LogP contribution is 2.21. The summed E-state index contributed by atoms with van der Waals surface area (Å²) in [7, 11) is 5.25. The number of hydrogen-bond donors (Lipinski definition) is 3.